The molecule has 0 aliphatic carbocycles. The molecule has 0 spiro atoms. The maximum absolute atomic E-state index is 12.5. The second-order valence-corrected chi connectivity index (χ2v) is 8.99. The number of hydrogen-bond acceptors (Lipinski definition) is 6. The maximum atomic E-state index is 12.5. The van der Waals surface area contributed by atoms with Crippen LogP contribution >= 0.6 is 11.8 Å². The van der Waals surface area contributed by atoms with E-state index in [0.717, 1.165) is 48.7 Å². The van der Waals surface area contributed by atoms with Crippen molar-refractivity contribution in [1.82, 2.24) is 20.8 Å². The van der Waals surface area contributed by atoms with Crippen LogP contribution in [0.4, 0.5) is 0 Å². The summed E-state index contributed by atoms with van der Waals surface area (Å²) in [6.07, 6.45) is 5.89. The van der Waals surface area contributed by atoms with Gasteiger partial charge in [-0.1, -0.05) is 29.4 Å². The summed E-state index contributed by atoms with van der Waals surface area (Å²) < 4.78 is 5.56. The van der Waals surface area contributed by atoms with E-state index in [1.807, 2.05) is 30.3 Å². The zero-order valence-electron chi connectivity index (χ0n) is 17.5. The number of benzene rings is 1. The summed E-state index contributed by atoms with van der Waals surface area (Å²) >= 11 is 1.74. The Balaban J connectivity index is 1.27. The number of amides is 1. The van der Waals surface area contributed by atoms with Gasteiger partial charge in [-0.2, -0.15) is 0 Å². The van der Waals surface area contributed by atoms with Crippen LogP contribution in [-0.2, 0) is 23.5 Å². The smallest absolute Gasteiger partial charge is 0.220 e. The first kappa shape index (κ1) is 21.6. The molecule has 31 heavy (non-hydrogen) atoms. The van der Waals surface area contributed by atoms with Crippen molar-refractivity contribution in [2.75, 3.05) is 13.1 Å². The predicted octanol–water partition coefficient (Wildman–Crippen LogP) is 3.84. The molecular weight excluding hydrogens is 408 g/mol. The average Bonchev–Trinajstić information content (AvgIpc) is 3.26. The molecule has 3 heterocycles. The van der Waals surface area contributed by atoms with E-state index in [4.69, 9.17) is 4.52 Å². The fourth-order valence-corrected chi connectivity index (χ4v) is 4.75. The van der Waals surface area contributed by atoms with E-state index < -0.39 is 0 Å². The first-order valence-electron chi connectivity index (χ1n) is 10.7. The minimum absolute atomic E-state index is 0.0980. The highest BCUT2D eigenvalue weighted by Gasteiger charge is 2.28. The third kappa shape index (κ3) is 6.67. The summed E-state index contributed by atoms with van der Waals surface area (Å²) in [6, 6.07) is 16.2. The summed E-state index contributed by atoms with van der Waals surface area (Å²) in [5.74, 6) is 2.46. The fourth-order valence-electron chi connectivity index (χ4n) is 3.96. The molecule has 4 rings (SSSR count). The van der Waals surface area contributed by atoms with E-state index in [-0.39, 0.29) is 5.91 Å². The summed E-state index contributed by atoms with van der Waals surface area (Å²) in [4.78, 5) is 17.8. The van der Waals surface area contributed by atoms with Gasteiger partial charge < -0.3 is 15.2 Å². The first-order chi connectivity index (χ1) is 15.3. The number of carbonyl (C=O) groups is 1. The van der Waals surface area contributed by atoms with Gasteiger partial charge in [0.05, 0.1) is 11.4 Å². The Morgan fingerprint density at radius 1 is 1.19 bits per heavy atom. The van der Waals surface area contributed by atoms with Gasteiger partial charge in [0.15, 0.2) is 0 Å². The highest BCUT2D eigenvalue weighted by Crippen LogP contribution is 2.27. The Morgan fingerprint density at radius 3 is 2.94 bits per heavy atom. The van der Waals surface area contributed by atoms with E-state index >= 15 is 0 Å². The topological polar surface area (TPSA) is 80.0 Å². The second-order valence-electron chi connectivity index (χ2n) is 7.95. The third-order valence-electron chi connectivity index (χ3n) is 5.63. The van der Waals surface area contributed by atoms with Gasteiger partial charge >= 0.3 is 0 Å². The van der Waals surface area contributed by atoms with Crippen LogP contribution in [0.2, 0.25) is 0 Å². The van der Waals surface area contributed by atoms with Crippen LogP contribution in [0.3, 0.4) is 0 Å². The number of aromatic nitrogens is 2. The van der Waals surface area contributed by atoms with Gasteiger partial charge in [-0.15, -0.1) is 11.8 Å². The van der Waals surface area contributed by atoms with Gasteiger partial charge in [0.2, 0.25) is 5.91 Å². The first-order valence-corrected chi connectivity index (χ1v) is 11.7. The number of pyridine rings is 1. The lowest BCUT2D eigenvalue weighted by Crippen LogP contribution is -2.40. The number of hydrogen-bond donors (Lipinski definition) is 2. The fraction of sp³-hybridized carbons (Fsp3) is 0.375. The third-order valence-corrected chi connectivity index (χ3v) is 6.66. The molecule has 1 fully saturated rings. The summed E-state index contributed by atoms with van der Waals surface area (Å²) in [5, 5.41) is 10.8. The minimum Gasteiger partial charge on any atom is -0.360 e. The summed E-state index contributed by atoms with van der Waals surface area (Å²) in [7, 11) is 0. The second kappa shape index (κ2) is 11.1. The van der Waals surface area contributed by atoms with E-state index in [1.165, 1.54) is 4.90 Å². The molecular formula is C24H28N4O2S. The van der Waals surface area contributed by atoms with Crippen molar-refractivity contribution in [3.05, 3.63) is 77.9 Å². The Bertz CT molecular complexity index is 948. The van der Waals surface area contributed by atoms with E-state index in [2.05, 4.69) is 39.0 Å². The molecule has 1 saturated heterocycles. The van der Waals surface area contributed by atoms with Gasteiger partial charge in [0.25, 0.3) is 0 Å². The quantitative estimate of drug-likeness (QED) is 0.496. The molecule has 1 amide bonds. The average molecular weight is 437 g/mol. The molecule has 1 aliphatic rings. The van der Waals surface area contributed by atoms with Crippen molar-refractivity contribution in [1.29, 1.82) is 0 Å². The lowest BCUT2D eigenvalue weighted by molar-refractivity contribution is -0.122. The number of rotatable bonds is 9. The molecule has 3 aromatic rings. The molecule has 162 valence electrons. The minimum atomic E-state index is 0.0980. The van der Waals surface area contributed by atoms with Crippen molar-refractivity contribution in [2.24, 2.45) is 11.8 Å². The van der Waals surface area contributed by atoms with Crippen LogP contribution in [-0.4, -0.2) is 29.1 Å². The van der Waals surface area contributed by atoms with Crippen LogP contribution in [0.15, 0.2) is 70.3 Å². The van der Waals surface area contributed by atoms with E-state index in [0.29, 0.717) is 24.8 Å². The number of nitrogens with zero attached hydrogens (tertiary/aromatic N) is 2. The molecule has 7 heteroatoms. The Labute approximate surface area is 187 Å². The van der Waals surface area contributed by atoms with Crippen molar-refractivity contribution < 1.29 is 9.32 Å². The molecule has 2 N–H and O–H groups in total. The zero-order valence-corrected chi connectivity index (χ0v) is 18.3. The van der Waals surface area contributed by atoms with Gasteiger partial charge in [0, 0.05) is 36.3 Å². The summed E-state index contributed by atoms with van der Waals surface area (Å²) in [5.41, 5.74) is 1.99. The highest BCUT2D eigenvalue weighted by molar-refractivity contribution is 7.98. The number of carbonyl (C=O) groups excluding carboxylic acids is 1. The van der Waals surface area contributed by atoms with Crippen molar-refractivity contribution in [3.63, 3.8) is 0 Å². The van der Waals surface area contributed by atoms with Crippen molar-refractivity contribution in [3.8, 4) is 0 Å². The van der Waals surface area contributed by atoms with Crippen LogP contribution in [0.5, 0.6) is 0 Å². The van der Waals surface area contributed by atoms with Crippen molar-refractivity contribution >= 4 is 17.7 Å². The molecule has 1 aliphatic heterocycles. The summed E-state index contributed by atoms with van der Waals surface area (Å²) in [6.45, 7) is 2.38. The Hall–Kier alpha value is -2.64. The molecule has 2 atom stereocenters. The molecule has 0 bridgehead atoms. The highest BCUT2D eigenvalue weighted by atomic mass is 32.2. The standard InChI is InChI=1S/C24H28N4O2S/c29-24(27-15-18-5-4-9-25-14-18)12-19-8-10-26-16-20(19)11-21-13-22(30-28-21)17-31-23-6-2-1-3-7-23/h1-7,9,13-14,19-20,26H,8,10-12,15-17H2,(H,27,29). The molecule has 2 aromatic heterocycles. The molecule has 0 saturated carbocycles. The van der Waals surface area contributed by atoms with E-state index in [1.54, 1.807) is 24.2 Å². The predicted molar refractivity (Wildman–Crippen MR) is 121 cm³/mol. The molecule has 1 aromatic carbocycles. The van der Waals surface area contributed by atoms with Crippen molar-refractivity contribution in [2.45, 2.75) is 36.5 Å². The van der Waals surface area contributed by atoms with Gasteiger partial charge in [-0.3, -0.25) is 9.78 Å². The van der Waals surface area contributed by atoms with Crippen LogP contribution in [0, 0.1) is 11.8 Å². The van der Waals surface area contributed by atoms with Gasteiger partial charge in [-0.25, -0.2) is 0 Å². The normalized spacial score (nSPS) is 18.6. The number of nitrogens with one attached hydrogen (secondary N) is 2. The SMILES string of the molecule is O=C(CC1CCNCC1Cc1cc(CSc2ccccc2)on1)NCc1cccnc1. The largest absolute Gasteiger partial charge is 0.360 e. The Kier molecular flexibility index (Phi) is 7.74. The van der Waals surface area contributed by atoms with Crippen LogP contribution < -0.4 is 10.6 Å². The molecule has 6 nitrogen and oxygen atoms in total. The zero-order chi connectivity index (χ0) is 21.3. The maximum Gasteiger partial charge on any atom is 0.220 e. The van der Waals surface area contributed by atoms with Crippen LogP contribution in [0.25, 0.3) is 0 Å². The van der Waals surface area contributed by atoms with Gasteiger partial charge in [0.1, 0.15) is 5.76 Å². The number of piperidine rings is 1. The lowest BCUT2D eigenvalue weighted by atomic mass is 9.81. The van der Waals surface area contributed by atoms with Crippen LogP contribution in [0.1, 0.15) is 29.9 Å². The Morgan fingerprint density at radius 2 is 2.10 bits per heavy atom. The molecule has 0 radical (unpaired) electrons. The molecule has 2 unspecified atom stereocenters. The number of thioether (sulfide) groups is 1. The lowest BCUT2D eigenvalue weighted by Gasteiger charge is -2.31. The monoisotopic (exact) mass is 436 g/mol. The van der Waals surface area contributed by atoms with E-state index in [9.17, 15) is 4.79 Å². The van der Waals surface area contributed by atoms with Gasteiger partial charge in [-0.05, 0) is 61.5 Å².